The van der Waals surface area contributed by atoms with E-state index in [0.717, 1.165) is 41.9 Å². The molecule has 1 saturated carbocycles. The average Bonchev–Trinajstić information content (AvgIpc) is 2.73. The number of amides is 1. The number of carbonyl (C=O) groups is 1. The number of ether oxygens (including phenoxy) is 1. The van der Waals surface area contributed by atoms with E-state index in [-0.39, 0.29) is 17.9 Å². The van der Waals surface area contributed by atoms with Gasteiger partial charge < -0.3 is 9.64 Å². The van der Waals surface area contributed by atoms with Crippen LogP contribution < -0.4 is 4.74 Å². The fraction of sp³-hybridized carbons (Fsp3) is 0.269. The van der Waals surface area contributed by atoms with Gasteiger partial charge >= 0.3 is 0 Å². The van der Waals surface area contributed by atoms with Gasteiger partial charge in [-0.15, -0.1) is 0 Å². The summed E-state index contributed by atoms with van der Waals surface area (Å²) < 4.78 is 5.98. The highest BCUT2D eigenvalue weighted by molar-refractivity contribution is 6.30. The summed E-state index contributed by atoms with van der Waals surface area (Å²) in [5.74, 6) is 1.89. The van der Waals surface area contributed by atoms with Gasteiger partial charge in [0.2, 0.25) is 5.91 Å². The standard InChI is InChI=1S/C26H26ClNO2/c1-19(21-8-3-2-4-9-21)28(26(29)22-10-6-11-22)18-20-7-5-12-25(17-20)30-24-15-13-23(27)14-16-24/h2-5,7-9,12-17,19,22H,6,10-11,18H2,1H3. The van der Waals surface area contributed by atoms with E-state index in [1.807, 2.05) is 59.5 Å². The SMILES string of the molecule is CC(c1ccccc1)N(Cc1cccc(Oc2ccc(Cl)cc2)c1)C(=O)C1CCC1. The lowest BCUT2D eigenvalue weighted by atomic mass is 9.83. The molecule has 1 aliphatic carbocycles. The Morgan fingerprint density at radius 1 is 1.00 bits per heavy atom. The fourth-order valence-corrected chi connectivity index (χ4v) is 3.88. The van der Waals surface area contributed by atoms with Gasteiger partial charge in [-0.25, -0.2) is 0 Å². The van der Waals surface area contributed by atoms with Gasteiger partial charge in [0, 0.05) is 17.5 Å². The molecule has 4 rings (SSSR count). The maximum absolute atomic E-state index is 13.2. The number of hydrogen-bond donors (Lipinski definition) is 0. The van der Waals surface area contributed by atoms with Crippen LogP contribution in [0.1, 0.15) is 43.4 Å². The van der Waals surface area contributed by atoms with Gasteiger partial charge in [0.25, 0.3) is 0 Å². The number of carbonyl (C=O) groups excluding carboxylic acids is 1. The van der Waals surface area contributed by atoms with Crippen molar-refractivity contribution in [3.8, 4) is 11.5 Å². The van der Waals surface area contributed by atoms with E-state index in [2.05, 4.69) is 19.1 Å². The molecule has 1 atom stereocenters. The van der Waals surface area contributed by atoms with E-state index in [9.17, 15) is 4.79 Å². The molecule has 1 aliphatic rings. The van der Waals surface area contributed by atoms with Crippen LogP contribution in [0.3, 0.4) is 0 Å². The second kappa shape index (κ2) is 9.36. The molecule has 154 valence electrons. The zero-order chi connectivity index (χ0) is 20.9. The molecule has 1 fully saturated rings. The molecule has 1 unspecified atom stereocenters. The minimum atomic E-state index is 0.0140. The minimum absolute atomic E-state index is 0.0140. The highest BCUT2D eigenvalue weighted by Gasteiger charge is 2.32. The molecule has 3 aromatic rings. The molecule has 0 heterocycles. The van der Waals surface area contributed by atoms with E-state index in [4.69, 9.17) is 16.3 Å². The van der Waals surface area contributed by atoms with Gasteiger partial charge in [0.1, 0.15) is 11.5 Å². The van der Waals surface area contributed by atoms with Crippen molar-refractivity contribution in [3.63, 3.8) is 0 Å². The predicted octanol–water partition coefficient (Wildman–Crippen LogP) is 7.02. The topological polar surface area (TPSA) is 29.5 Å². The quantitative estimate of drug-likeness (QED) is 0.411. The summed E-state index contributed by atoms with van der Waals surface area (Å²) in [6.45, 7) is 2.67. The Bertz CT molecular complexity index is 983. The van der Waals surface area contributed by atoms with E-state index in [1.165, 1.54) is 0 Å². The molecule has 0 aliphatic heterocycles. The third-order valence-corrected chi connectivity index (χ3v) is 6.04. The molecule has 1 amide bonds. The molecule has 3 aromatic carbocycles. The lowest BCUT2D eigenvalue weighted by molar-refractivity contribution is -0.141. The summed E-state index contributed by atoms with van der Waals surface area (Å²) >= 11 is 5.96. The molecule has 4 heteroatoms. The number of halogens is 1. The van der Waals surface area contributed by atoms with Crippen molar-refractivity contribution in [2.75, 3.05) is 0 Å². The van der Waals surface area contributed by atoms with Gasteiger partial charge in [-0.3, -0.25) is 4.79 Å². The van der Waals surface area contributed by atoms with Crippen LogP contribution in [0.5, 0.6) is 11.5 Å². The van der Waals surface area contributed by atoms with Gasteiger partial charge in [0.05, 0.1) is 6.04 Å². The lowest BCUT2D eigenvalue weighted by Crippen LogP contribution is -2.40. The Hall–Kier alpha value is -2.78. The van der Waals surface area contributed by atoms with Crippen LogP contribution in [0.15, 0.2) is 78.9 Å². The van der Waals surface area contributed by atoms with Gasteiger partial charge in [-0.05, 0) is 67.3 Å². The molecule has 3 nitrogen and oxygen atoms in total. The molecule has 0 spiro atoms. The second-order valence-corrected chi connectivity index (χ2v) is 8.32. The first-order valence-electron chi connectivity index (χ1n) is 10.5. The van der Waals surface area contributed by atoms with Crippen LogP contribution in [-0.2, 0) is 11.3 Å². The van der Waals surface area contributed by atoms with Crippen LogP contribution in [0, 0.1) is 5.92 Å². The van der Waals surface area contributed by atoms with E-state index >= 15 is 0 Å². The van der Waals surface area contributed by atoms with Crippen LogP contribution >= 0.6 is 11.6 Å². The summed E-state index contributed by atoms with van der Waals surface area (Å²) in [4.78, 5) is 15.2. The Balaban J connectivity index is 1.54. The van der Waals surface area contributed by atoms with E-state index in [0.29, 0.717) is 11.6 Å². The molecule has 0 aromatic heterocycles. The summed E-state index contributed by atoms with van der Waals surface area (Å²) in [5, 5.41) is 0.677. The molecule has 0 radical (unpaired) electrons. The Labute approximate surface area is 183 Å². The maximum atomic E-state index is 13.2. The third kappa shape index (κ3) is 4.85. The fourth-order valence-electron chi connectivity index (χ4n) is 3.75. The summed E-state index contributed by atoms with van der Waals surface area (Å²) in [6, 6.07) is 25.5. The molecule has 0 N–H and O–H groups in total. The van der Waals surface area contributed by atoms with Crippen molar-refractivity contribution in [3.05, 3.63) is 95.0 Å². The number of nitrogens with zero attached hydrogens (tertiary/aromatic N) is 1. The zero-order valence-corrected chi connectivity index (χ0v) is 17.9. The van der Waals surface area contributed by atoms with Crippen molar-refractivity contribution in [2.45, 2.75) is 38.8 Å². The maximum Gasteiger partial charge on any atom is 0.226 e. The Morgan fingerprint density at radius 2 is 1.73 bits per heavy atom. The van der Waals surface area contributed by atoms with Crippen molar-refractivity contribution in [1.82, 2.24) is 4.90 Å². The number of benzene rings is 3. The van der Waals surface area contributed by atoms with Gasteiger partial charge in [-0.1, -0.05) is 60.5 Å². The van der Waals surface area contributed by atoms with Crippen LogP contribution in [-0.4, -0.2) is 10.8 Å². The molecule has 0 saturated heterocycles. The Kier molecular flexibility index (Phi) is 6.39. The second-order valence-electron chi connectivity index (χ2n) is 7.88. The summed E-state index contributed by atoms with van der Waals surface area (Å²) in [7, 11) is 0. The van der Waals surface area contributed by atoms with E-state index in [1.54, 1.807) is 12.1 Å². The van der Waals surface area contributed by atoms with Crippen molar-refractivity contribution < 1.29 is 9.53 Å². The van der Waals surface area contributed by atoms with Gasteiger partial charge in [0.15, 0.2) is 0 Å². The largest absolute Gasteiger partial charge is 0.457 e. The van der Waals surface area contributed by atoms with Crippen LogP contribution in [0.25, 0.3) is 0 Å². The summed E-state index contributed by atoms with van der Waals surface area (Å²) in [5.41, 5.74) is 2.20. The predicted molar refractivity (Wildman–Crippen MR) is 121 cm³/mol. The molecular formula is C26H26ClNO2. The highest BCUT2D eigenvalue weighted by atomic mass is 35.5. The third-order valence-electron chi connectivity index (χ3n) is 5.79. The highest BCUT2D eigenvalue weighted by Crippen LogP contribution is 2.33. The van der Waals surface area contributed by atoms with Crippen LogP contribution in [0.4, 0.5) is 0 Å². The number of rotatable bonds is 7. The smallest absolute Gasteiger partial charge is 0.226 e. The Morgan fingerprint density at radius 3 is 2.40 bits per heavy atom. The van der Waals surface area contributed by atoms with Crippen molar-refractivity contribution in [2.24, 2.45) is 5.92 Å². The first-order chi connectivity index (χ1) is 14.6. The normalized spacial score (nSPS) is 14.6. The average molecular weight is 420 g/mol. The summed E-state index contributed by atoms with van der Waals surface area (Å²) in [6.07, 6.45) is 3.14. The van der Waals surface area contributed by atoms with Crippen molar-refractivity contribution >= 4 is 17.5 Å². The van der Waals surface area contributed by atoms with Gasteiger partial charge in [-0.2, -0.15) is 0 Å². The first-order valence-corrected chi connectivity index (χ1v) is 10.9. The van der Waals surface area contributed by atoms with Crippen LogP contribution in [0.2, 0.25) is 5.02 Å². The molecule has 30 heavy (non-hydrogen) atoms. The molecular weight excluding hydrogens is 394 g/mol. The first kappa shape index (κ1) is 20.5. The number of hydrogen-bond acceptors (Lipinski definition) is 2. The van der Waals surface area contributed by atoms with Crippen molar-refractivity contribution in [1.29, 1.82) is 0 Å². The molecule has 0 bridgehead atoms. The lowest BCUT2D eigenvalue weighted by Gasteiger charge is -2.36. The monoisotopic (exact) mass is 419 g/mol. The zero-order valence-electron chi connectivity index (χ0n) is 17.1. The van der Waals surface area contributed by atoms with E-state index < -0.39 is 0 Å². The minimum Gasteiger partial charge on any atom is -0.457 e.